The summed E-state index contributed by atoms with van der Waals surface area (Å²) >= 11 is 0. The molecule has 20 heavy (non-hydrogen) atoms. The van der Waals surface area contributed by atoms with Crippen LogP contribution in [0.2, 0.25) is 0 Å². The van der Waals surface area contributed by atoms with Crippen LogP contribution < -0.4 is 5.32 Å². The van der Waals surface area contributed by atoms with E-state index in [0.717, 1.165) is 32.0 Å². The summed E-state index contributed by atoms with van der Waals surface area (Å²) in [6, 6.07) is 0.999. The Kier molecular flexibility index (Phi) is 4.36. The first kappa shape index (κ1) is 14.0. The minimum atomic E-state index is 0.375. The smallest absolute Gasteiger partial charge is 0.150 e. The molecule has 0 radical (unpaired) electrons. The molecule has 5 nitrogen and oxygen atoms in total. The summed E-state index contributed by atoms with van der Waals surface area (Å²) < 4.78 is 2.44. The number of nitrogens with zero attached hydrogens (tertiary/aromatic N) is 4. The van der Waals surface area contributed by atoms with E-state index in [4.69, 9.17) is 0 Å². The summed E-state index contributed by atoms with van der Waals surface area (Å²) in [7, 11) is 0. The van der Waals surface area contributed by atoms with Gasteiger partial charge in [0.1, 0.15) is 11.6 Å². The first-order valence-electron chi connectivity index (χ1n) is 8.13. The molecule has 1 saturated heterocycles. The molecule has 3 rings (SSSR count). The lowest BCUT2D eigenvalue weighted by Crippen LogP contribution is -2.45. The predicted octanol–water partition coefficient (Wildman–Crippen LogP) is 2.06. The average Bonchev–Trinajstić information content (AvgIpc) is 2.90. The van der Waals surface area contributed by atoms with Gasteiger partial charge in [0.2, 0.25) is 0 Å². The summed E-state index contributed by atoms with van der Waals surface area (Å²) in [5.41, 5.74) is 0. The summed E-state index contributed by atoms with van der Waals surface area (Å²) in [6.45, 7) is 8.78. The van der Waals surface area contributed by atoms with E-state index in [1.807, 2.05) is 0 Å². The fraction of sp³-hybridized carbons (Fsp3) is 0.867. The van der Waals surface area contributed by atoms with Crippen molar-refractivity contribution in [2.24, 2.45) is 0 Å². The first-order valence-corrected chi connectivity index (χ1v) is 8.13. The molecule has 1 aromatic heterocycles. The Bertz CT molecular complexity index is 429. The van der Waals surface area contributed by atoms with E-state index in [1.165, 1.54) is 37.9 Å². The Morgan fingerprint density at radius 3 is 2.50 bits per heavy atom. The van der Waals surface area contributed by atoms with Gasteiger partial charge in [-0.25, -0.2) is 0 Å². The van der Waals surface area contributed by atoms with Crippen LogP contribution >= 0.6 is 0 Å². The third-order valence-corrected chi connectivity index (χ3v) is 4.91. The van der Waals surface area contributed by atoms with Gasteiger partial charge in [0, 0.05) is 32.2 Å². The lowest BCUT2D eigenvalue weighted by Gasteiger charge is -2.34. The zero-order valence-corrected chi connectivity index (χ0v) is 12.8. The number of piperazine rings is 1. The van der Waals surface area contributed by atoms with Crippen LogP contribution in [0.4, 0.5) is 0 Å². The van der Waals surface area contributed by atoms with Gasteiger partial charge in [-0.15, -0.1) is 10.2 Å². The van der Waals surface area contributed by atoms with Crippen LogP contribution in [0.1, 0.15) is 62.8 Å². The third-order valence-electron chi connectivity index (χ3n) is 4.91. The molecule has 1 saturated carbocycles. The Morgan fingerprint density at radius 1 is 1.10 bits per heavy atom. The fourth-order valence-corrected chi connectivity index (χ4v) is 3.69. The SMILES string of the molecule is Cc1nnc(C(C)N2CCNCC2)n1C1CCCCC1. The van der Waals surface area contributed by atoms with Crippen LogP contribution in [0.3, 0.4) is 0 Å². The number of hydrogen-bond acceptors (Lipinski definition) is 4. The fourth-order valence-electron chi connectivity index (χ4n) is 3.69. The highest BCUT2D eigenvalue weighted by Gasteiger charge is 2.27. The monoisotopic (exact) mass is 277 g/mol. The van der Waals surface area contributed by atoms with Crippen LogP contribution in [-0.2, 0) is 0 Å². The van der Waals surface area contributed by atoms with E-state index in [1.54, 1.807) is 0 Å². The largest absolute Gasteiger partial charge is 0.314 e. The van der Waals surface area contributed by atoms with Crippen LogP contribution in [0, 0.1) is 6.92 Å². The van der Waals surface area contributed by atoms with Gasteiger partial charge in [-0.1, -0.05) is 19.3 Å². The van der Waals surface area contributed by atoms with Gasteiger partial charge in [0.05, 0.1) is 6.04 Å². The number of aromatic nitrogens is 3. The maximum Gasteiger partial charge on any atom is 0.150 e. The molecule has 1 N–H and O–H groups in total. The van der Waals surface area contributed by atoms with Crippen LogP contribution in [0.25, 0.3) is 0 Å². The lowest BCUT2D eigenvalue weighted by atomic mass is 9.95. The Hall–Kier alpha value is -0.940. The molecular weight excluding hydrogens is 250 g/mol. The van der Waals surface area contributed by atoms with Gasteiger partial charge in [0.25, 0.3) is 0 Å². The summed E-state index contributed by atoms with van der Waals surface area (Å²) in [5.74, 6) is 2.27. The minimum Gasteiger partial charge on any atom is -0.314 e. The zero-order valence-electron chi connectivity index (χ0n) is 12.8. The molecule has 2 heterocycles. The minimum absolute atomic E-state index is 0.375. The first-order chi connectivity index (χ1) is 9.77. The van der Waals surface area contributed by atoms with Crippen molar-refractivity contribution in [3.05, 3.63) is 11.6 Å². The van der Waals surface area contributed by atoms with Gasteiger partial charge >= 0.3 is 0 Å². The molecule has 1 aliphatic carbocycles. The normalized spacial score (nSPS) is 23.9. The standard InChI is InChI=1S/C15H27N5/c1-12(19-10-8-16-9-11-19)15-18-17-13(2)20(15)14-6-4-3-5-7-14/h12,14,16H,3-11H2,1-2H3. The zero-order chi connectivity index (χ0) is 13.9. The molecule has 0 bridgehead atoms. The topological polar surface area (TPSA) is 46.0 Å². The summed E-state index contributed by atoms with van der Waals surface area (Å²) in [5, 5.41) is 12.3. The molecule has 112 valence electrons. The highest BCUT2D eigenvalue weighted by Crippen LogP contribution is 2.32. The summed E-state index contributed by atoms with van der Waals surface area (Å²) in [6.07, 6.45) is 6.67. The van der Waals surface area contributed by atoms with Crippen molar-refractivity contribution in [2.75, 3.05) is 26.2 Å². The Labute approximate surface area is 121 Å². The van der Waals surface area contributed by atoms with E-state index in [-0.39, 0.29) is 0 Å². The second-order valence-electron chi connectivity index (χ2n) is 6.23. The second kappa shape index (κ2) is 6.22. The number of nitrogens with one attached hydrogen (secondary N) is 1. The van der Waals surface area contributed by atoms with Gasteiger partial charge < -0.3 is 9.88 Å². The van der Waals surface area contributed by atoms with E-state index < -0.39 is 0 Å². The van der Waals surface area contributed by atoms with E-state index in [9.17, 15) is 0 Å². The van der Waals surface area contributed by atoms with Crippen molar-refractivity contribution < 1.29 is 0 Å². The molecule has 0 aromatic carbocycles. The highest BCUT2D eigenvalue weighted by molar-refractivity contribution is 5.03. The molecule has 1 unspecified atom stereocenters. The molecule has 0 amide bonds. The maximum atomic E-state index is 4.52. The average molecular weight is 277 g/mol. The summed E-state index contributed by atoms with van der Waals surface area (Å²) in [4.78, 5) is 2.53. The van der Waals surface area contributed by atoms with Crippen molar-refractivity contribution in [1.29, 1.82) is 0 Å². The van der Waals surface area contributed by atoms with E-state index in [0.29, 0.717) is 12.1 Å². The third kappa shape index (κ3) is 2.74. The molecule has 2 fully saturated rings. The number of rotatable bonds is 3. The van der Waals surface area contributed by atoms with Crippen LogP contribution in [0.15, 0.2) is 0 Å². The van der Waals surface area contributed by atoms with E-state index in [2.05, 4.69) is 38.8 Å². The van der Waals surface area contributed by atoms with Gasteiger partial charge in [-0.2, -0.15) is 0 Å². The van der Waals surface area contributed by atoms with Gasteiger partial charge in [-0.3, -0.25) is 4.90 Å². The van der Waals surface area contributed by atoms with Crippen LogP contribution in [0.5, 0.6) is 0 Å². The lowest BCUT2D eigenvalue weighted by molar-refractivity contribution is 0.171. The van der Waals surface area contributed by atoms with Crippen molar-refractivity contribution in [3.8, 4) is 0 Å². The molecular formula is C15H27N5. The Morgan fingerprint density at radius 2 is 1.80 bits per heavy atom. The van der Waals surface area contributed by atoms with Crippen molar-refractivity contribution >= 4 is 0 Å². The molecule has 1 atom stereocenters. The maximum absolute atomic E-state index is 4.52. The number of aryl methyl sites for hydroxylation is 1. The molecule has 2 aliphatic rings. The van der Waals surface area contributed by atoms with Crippen molar-refractivity contribution in [2.45, 2.75) is 58.0 Å². The van der Waals surface area contributed by atoms with Crippen molar-refractivity contribution in [1.82, 2.24) is 25.0 Å². The Balaban J connectivity index is 1.81. The predicted molar refractivity (Wildman–Crippen MR) is 79.7 cm³/mol. The molecule has 1 aliphatic heterocycles. The quantitative estimate of drug-likeness (QED) is 0.918. The molecule has 5 heteroatoms. The molecule has 0 spiro atoms. The highest BCUT2D eigenvalue weighted by atomic mass is 15.3. The second-order valence-corrected chi connectivity index (χ2v) is 6.23. The van der Waals surface area contributed by atoms with Gasteiger partial charge in [-0.05, 0) is 26.7 Å². The van der Waals surface area contributed by atoms with Gasteiger partial charge in [0.15, 0.2) is 0 Å². The van der Waals surface area contributed by atoms with Crippen molar-refractivity contribution in [3.63, 3.8) is 0 Å². The van der Waals surface area contributed by atoms with E-state index >= 15 is 0 Å². The number of hydrogen-bond donors (Lipinski definition) is 1. The van der Waals surface area contributed by atoms with Crippen LogP contribution in [-0.4, -0.2) is 45.8 Å². The molecule has 1 aromatic rings.